The van der Waals surface area contributed by atoms with Gasteiger partial charge in [-0.3, -0.25) is 9.59 Å². The van der Waals surface area contributed by atoms with Gasteiger partial charge in [-0.05, 0) is 31.6 Å². The summed E-state index contributed by atoms with van der Waals surface area (Å²) in [6.07, 6.45) is 3.92. The summed E-state index contributed by atoms with van der Waals surface area (Å²) in [6, 6.07) is 0. The van der Waals surface area contributed by atoms with E-state index in [1.54, 1.807) is 0 Å². The largest absolute Gasteiger partial charge is 0.299 e. The molecule has 2 atom stereocenters. The van der Waals surface area contributed by atoms with Crippen LogP contribution in [-0.2, 0) is 9.59 Å². The standard InChI is InChI=1S/C10H12O2/c11-9-6-1-5-2-7(4-6)10(12)8(9)3-5/h5-8H,1-4H2/t5?,6-,7-,8?/m1/s1. The summed E-state index contributed by atoms with van der Waals surface area (Å²) < 4.78 is 0. The Morgan fingerprint density at radius 1 is 0.833 bits per heavy atom. The highest BCUT2D eigenvalue weighted by molar-refractivity contribution is 6.07. The van der Waals surface area contributed by atoms with Crippen molar-refractivity contribution in [3.63, 3.8) is 0 Å². The third-order valence-electron chi connectivity index (χ3n) is 3.87. The molecule has 0 aliphatic heterocycles. The van der Waals surface area contributed by atoms with Crippen molar-refractivity contribution < 1.29 is 9.59 Å². The van der Waals surface area contributed by atoms with Gasteiger partial charge in [-0.15, -0.1) is 0 Å². The van der Waals surface area contributed by atoms with Crippen LogP contribution in [0, 0.1) is 23.7 Å². The first kappa shape index (κ1) is 6.81. The molecule has 4 rings (SSSR count). The van der Waals surface area contributed by atoms with Crippen LogP contribution in [0.4, 0.5) is 0 Å². The molecule has 0 N–H and O–H groups in total. The molecule has 4 saturated carbocycles. The number of carbonyl (C=O) groups is 2. The molecule has 0 heterocycles. The molecule has 64 valence electrons. The molecule has 0 aromatic carbocycles. The SMILES string of the molecule is O=C1C2CC3C[C@@H]1C[C@@H](C3)C2=O. The molecular formula is C10H12O2. The molecule has 0 aromatic rings. The number of carbonyl (C=O) groups excluding carboxylic acids is 2. The number of ketones is 2. The van der Waals surface area contributed by atoms with E-state index < -0.39 is 0 Å². The lowest BCUT2D eigenvalue weighted by Gasteiger charge is -2.47. The second-order valence-electron chi connectivity index (χ2n) is 4.56. The van der Waals surface area contributed by atoms with Crippen molar-refractivity contribution in [1.29, 1.82) is 0 Å². The van der Waals surface area contributed by atoms with E-state index >= 15 is 0 Å². The number of hydrogen-bond acceptors (Lipinski definition) is 2. The molecule has 0 spiro atoms. The van der Waals surface area contributed by atoms with Gasteiger partial charge in [0.15, 0.2) is 0 Å². The quantitative estimate of drug-likeness (QED) is 0.504. The Bertz CT molecular complexity index is 245. The summed E-state index contributed by atoms with van der Waals surface area (Å²) in [7, 11) is 0. The fourth-order valence-electron chi connectivity index (χ4n) is 3.37. The zero-order valence-electron chi connectivity index (χ0n) is 6.95. The molecule has 0 amide bonds. The first-order valence-electron chi connectivity index (χ1n) is 4.83. The van der Waals surface area contributed by atoms with E-state index in [9.17, 15) is 9.59 Å². The van der Waals surface area contributed by atoms with Crippen molar-refractivity contribution in [2.24, 2.45) is 23.7 Å². The van der Waals surface area contributed by atoms with Gasteiger partial charge in [0.1, 0.15) is 11.6 Å². The molecule has 4 fully saturated rings. The van der Waals surface area contributed by atoms with Crippen molar-refractivity contribution in [1.82, 2.24) is 0 Å². The van der Waals surface area contributed by atoms with E-state index in [0.717, 1.165) is 25.7 Å². The Kier molecular flexibility index (Phi) is 1.12. The van der Waals surface area contributed by atoms with Gasteiger partial charge in [0.2, 0.25) is 0 Å². The third-order valence-corrected chi connectivity index (χ3v) is 3.87. The van der Waals surface area contributed by atoms with Gasteiger partial charge < -0.3 is 0 Å². The topological polar surface area (TPSA) is 34.1 Å². The number of rotatable bonds is 0. The Morgan fingerprint density at radius 3 is 2.00 bits per heavy atom. The van der Waals surface area contributed by atoms with Crippen molar-refractivity contribution in [2.75, 3.05) is 0 Å². The molecule has 4 aliphatic carbocycles. The lowest BCUT2D eigenvalue weighted by Crippen LogP contribution is -2.51. The predicted octanol–water partition coefficient (Wildman–Crippen LogP) is 1.19. The highest BCUT2D eigenvalue weighted by Crippen LogP contribution is 2.49. The summed E-state index contributed by atoms with van der Waals surface area (Å²) in [5.41, 5.74) is 0. The first-order chi connectivity index (χ1) is 5.75. The Hall–Kier alpha value is -0.660. The summed E-state index contributed by atoms with van der Waals surface area (Å²) in [5, 5.41) is 0. The fraction of sp³-hybridized carbons (Fsp3) is 0.800. The lowest BCUT2D eigenvalue weighted by atomic mass is 9.55. The zero-order valence-corrected chi connectivity index (χ0v) is 6.95. The van der Waals surface area contributed by atoms with Crippen LogP contribution in [-0.4, -0.2) is 11.6 Å². The monoisotopic (exact) mass is 164 g/mol. The summed E-state index contributed by atoms with van der Waals surface area (Å²) in [4.78, 5) is 23.1. The molecule has 4 bridgehead atoms. The molecule has 4 aliphatic rings. The molecule has 0 radical (unpaired) electrons. The maximum Gasteiger partial charge on any atom is 0.146 e. The summed E-state index contributed by atoms with van der Waals surface area (Å²) >= 11 is 0. The van der Waals surface area contributed by atoms with Crippen LogP contribution in [0.3, 0.4) is 0 Å². The predicted molar refractivity (Wildman–Crippen MR) is 42.4 cm³/mol. The molecule has 0 aromatic heterocycles. The minimum Gasteiger partial charge on any atom is -0.299 e. The number of Topliss-reactive ketones (excluding diaryl/α,β-unsaturated/α-hetero) is 2. The average Bonchev–Trinajstić information content (AvgIpc) is 2.07. The van der Waals surface area contributed by atoms with Crippen molar-refractivity contribution in [2.45, 2.75) is 25.7 Å². The van der Waals surface area contributed by atoms with Crippen molar-refractivity contribution >= 4 is 11.6 Å². The van der Waals surface area contributed by atoms with E-state index in [2.05, 4.69) is 0 Å². The zero-order chi connectivity index (χ0) is 8.29. The second-order valence-corrected chi connectivity index (χ2v) is 4.56. The lowest BCUT2D eigenvalue weighted by molar-refractivity contribution is -0.152. The van der Waals surface area contributed by atoms with E-state index in [1.807, 2.05) is 0 Å². The first-order valence-corrected chi connectivity index (χ1v) is 4.83. The van der Waals surface area contributed by atoms with Gasteiger partial charge in [0.25, 0.3) is 0 Å². The van der Waals surface area contributed by atoms with Crippen LogP contribution in [0.1, 0.15) is 25.7 Å². The van der Waals surface area contributed by atoms with Crippen LogP contribution >= 0.6 is 0 Å². The Morgan fingerprint density at radius 2 is 1.42 bits per heavy atom. The minimum absolute atomic E-state index is 0.166. The highest BCUT2D eigenvalue weighted by Gasteiger charge is 2.52. The molecule has 0 saturated heterocycles. The van der Waals surface area contributed by atoms with E-state index in [0.29, 0.717) is 5.92 Å². The maximum absolute atomic E-state index is 11.6. The smallest absolute Gasteiger partial charge is 0.146 e. The van der Waals surface area contributed by atoms with E-state index in [-0.39, 0.29) is 29.3 Å². The van der Waals surface area contributed by atoms with Gasteiger partial charge in [0.05, 0.1) is 5.92 Å². The highest BCUT2D eigenvalue weighted by atomic mass is 16.2. The fourth-order valence-corrected chi connectivity index (χ4v) is 3.37. The van der Waals surface area contributed by atoms with Crippen LogP contribution in [0.5, 0.6) is 0 Å². The van der Waals surface area contributed by atoms with Gasteiger partial charge >= 0.3 is 0 Å². The Balaban J connectivity index is 2.03. The van der Waals surface area contributed by atoms with Gasteiger partial charge in [0, 0.05) is 11.8 Å². The minimum atomic E-state index is -0.166. The van der Waals surface area contributed by atoms with Crippen LogP contribution in [0.25, 0.3) is 0 Å². The molecule has 2 heteroatoms. The van der Waals surface area contributed by atoms with Gasteiger partial charge in [-0.25, -0.2) is 0 Å². The van der Waals surface area contributed by atoms with Crippen LogP contribution < -0.4 is 0 Å². The normalized spacial score (nSPS) is 50.3. The van der Waals surface area contributed by atoms with Gasteiger partial charge in [-0.2, -0.15) is 0 Å². The second kappa shape index (κ2) is 1.98. The third kappa shape index (κ3) is 0.661. The molecule has 2 nitrogen and oxygen atoms in total. The molecule has 0 unspecified atom stereocenters. The average molecular weight is 164 g/mol. The van der Waals surface area contributed by atoms with Crippen LogP contribution in [0.2, 0.25) is 0 Å². The summed E-state index contributed by atoms with van der Waals surface area (Å²) in [5.74, 6) is 1.62. The van der Waals surface area contributed by atoms with E-state index in [1.165, 1.54) is 0 Å². The van der Waals surface area contributed by atoms with E-state index in [4.69, 9.17) is 0 Å². The summed E-state index contributed by atoms with van der Waals surface area (Å²) in [6.45, 7) is 0. The number of hydrogen-bond donors (Lipinski definition) is 0. The van der Waals surface area contributed by atoms with Gasteiger partial charge in [-0.1, -0.05) is 0 Å². The molecule has 12 heavy (non-hydrogen) atoms. The maximum atomic E-state index is 11.6. The Labute approximate surface area is 71.3 Å². The van der Waals surface area contributed by atoms with Crippen molar-refractivity contribution in [3.05, 3.63) is 0 Å². The van der Waals surface area contributed by atoms with Crippen molar-refractivity contribution in [3.8, 4) is 0 Å². The molecular weight excluding hydrogens is 152 g/mol. The van der Waals surface area contributed by atoms with Crippen LogP contribution in [0.15, 0.2) is 0 Å².